The molecule has 1 rings (SSSR count). The molecular weight excluding hydrogens is 295 g/mol. The molecule has 0 aliphatic heterocycles. The van der Waals surface area contributed by atoms with Gasteiger partial charge in [-0.3, -0.25) is 9.59 Å². The van der Waals surface area contributed by atoms with Gasteiger partial charge in [0.2, 0.25) is 11.8 Å². The van der Waals surface area contributed by atoms with E-state index in [0.29, 0.717) is 5.69 Å². The average Bonchev–Trinajstić information content (AvgIpc) is 2.44. The zero-order valence-corrected chi connectivity index (χ0v) is 12.7. The molecule has 0 fully saturated rings. The number of aliphatic hydroxyl groups is 1. The smallest absolute Gasteiger partial charge is 0.234 e. The molecule has 0 spiro atoms. The van der Waals surface area contributed by atoms with Crippen LogP contribution in [-0.4, -0.2) is 40.6 Å². The number of halogens is 1. The number of anilines is 1. The molecule has 0 aliphatic carbocycles. The maximum atomic E-state index is 12.7. The van der Waals surface area contributed by atoms with Gasteiger partial charge in [-0.25, -0.2) is 4.39 Å². The lowest BCUT2D eigenvalue weighted by molar-refractivity contribution is -0.120. The van der Waals surface area contributed by atoms with Gasteiger partial charge in [0.1, 0.15) is 5.82 Å². The van der Waals surface area contributed by atoms with Gasteiger partial charge < -0.3 is 15.7 Å². The van der Waals surface area contributed by atoms with Crippen molar-refractivity contribution in [3.8, 4) is 0 Å². The number of carbonyl (C=O) groups excluding carboxylic acids is 2. The van der Waals surface area contributed by atoms with Crippen molar-refractivity contribution in [1.29, 1.82) is 0 Å². The second-order valence-electron chi connectivity index (χ2n) is 4.60. The molecule has 2 unspecified atom stereocenters. The van der Waals surface area contributed by atoms with Crippen molar-refractivity contribution in [1.82, 2.24) is 5.32 Å². The zero-order valence-electron chi connectivity index (χ0n) is 11.9. The van der Waals surface area contributed by atoms with E-state index in [1.165, 1.54) is 36.0 Å². The molecule has 3 N–H and O–H groups in total. The van der Waals surface area contributed by atoms with Crippen LogP contribution in [0.4, 0.5) is 10.1 Å². The van der Waals surface area contributed by atoms with Gasteiger partial charge in [-0.05, 0) is 38.1 Å². The Morgan fingerprint density at radius 2 is 1.90 bits per heavy atom. The van der Waals surface area contributed by atoms with E-state index < -0.39 is 11.4 Å². The van der Waals surface area contributed by atoms with E-state index >= 15 is 0 Å². The van der Waals surface area contributed by atoms with Crippen molar-refractivity contribution < 1.29 is 19.1 Å². The highest BCUT2D eigenvalue weighted by Crippen LogP contribution is 2.13. The second-order valence-corrected chi connectivity index (χ2v) is 5.93. The molecule has 7 heteroatoms. The number of aliphatic hydroxyl groups excluding tert-OH is 1. The van der Waals surface area contributed by atoms with E-state index in [2.05, 4.69) is 10.6 Å². The summed E-state index contributed by atoms with van der Waals surface area (Å²) in [4.78, 5) is 23.3. The third kappa shape index (κ3) is 7.10. The Hall–Kier alpha value is -1.60. The summed E-state index contributed by atoms with van der Waals surface area (Å²) in [6.45, 7) is 3.45. The first kappa shape index (κ1) is 17.5. The summed E-state index contributed by atoms with van der Waals surface area (Å²) in [7, 11) is 0. The maximum Gasteiger partial charge on any atom is 0.234 e. The first-order valence-corrected chi connectivity index (χ1v) is 7.56. The second kappa shape index (κ2) is 8.63. The van der Waals surface area contributed by atoms with Crippen molar-refractivity contribution in [2.75, 3.05) is 17.6 Å². The molecule has 0 bridgehead atoms. The Morgan fingerprint density at radius 1 is 1.29 bits per heavy atom. The normalized spacial score (nSPS) is 13.3. The molecule has 0 saturated heterocycles. The first-order chi connectivity index (χ1) is 9.88. The van der Waals surface area contributed by atoms with Gasteiger partial charge in [-0.1, -0.05) is 0 Å². The largest absolute Gasteiger partial charge is 0.392 e. The van der Waals surface area contributed by atoms with Crippen LogP contribution in [0.15, 0.2) is 24.3 Å². The van der Waals surface area contributed by atoms with E-state index in [4.69, 9.17) is 5.11 Å². The molecule has 0 heterocycles. The van der Waals surface area contributed by atoms with Crippen LogP contribution < -0.4 is 10.6 Å². The van der Waals surface area contributed by atoms with Gasteiger partial charge in [0.25, 0.3) is 0 Å². The number of benzene rings is 1. The summed E-state index contributed by atoms with van der Waals surface area (Å²) in [5.41, 5.74) is 0.508. The van der Waals surface area contributed by atoms with E-state index in [1.54, 1.807) is 13.8 Å². The standard InChI is InChI=1S/C14H19FN2O3S/c1-9(18)7-16-14(20)10(2)21-8-13(19)17-12-5-3-11(15)4-6-12/h3-6,9-10,18H,7-8H2,1-2H3,(H,16,20)(H,17,19). The maximum absolute atomic E-state index is 12.7. The van der Waals surface area contributed by atoms with Crippen LogP contribution in [0.5, 0.6) is 0 Å². The van der Waals surface area contributed by atoms with Crippen LogP contribution in [0.25, 0.3) is 0 Å². The predicted molar refractivity (Wildman–Crippen MR) is 81.6 cm³/mol. The van der Waals surface area contributed by atoms with Gasteiger partial charge >= 0.3 is 0 Å². The van der Waals surface area contributed by atoms with Crippen molar-refractivity contribution in [3.63, 3.8) is 0 Å². The van der Waals surface area contributed by atoms with Crippen molar-refractivity contribution in [2.24, 2.45) is 0 Å². The van der Waals surface area contributed by atoms with Gasteiger partial charge in [0.15, 0.2) is 0 Å². The Balaban J connectivity index is 2.31. The Morgan fingerprint density at radius 3 is 2.48 bits per heavy atom. The molecule has 0 radical (unpaired) electrons. The fourth-order valence-corrected chi connectivity index (χ4v) is 2.11. The summed E-state index contributed by atoms with van der Waals surface area (Å²) in [6, 6.07) is 5.46. The van der Waals surface area contributed by atoms with Gasteiger partial charge in [0.05, 0.1) is 17.1 Å². The Kier molecular flexibility index (Phi) is 7.18. The Bertz CT molecular complexity index is 480. The molecule has 0 aromatic heterocycles. The summed E-state index contributed by atoms with van der Waals surface area (Å²) in [5, 5.41) is 13.9. The number of rotatable bonds is 7. The quantitative estimate of drug-likeness (QED) is 0.710. The first-order valence-electron chi connectivity index (χ1n) is 6.51. The lowest BCUT2D eigenvalue weighted by atomic mass is 10.3. The average molecular weight is 314 g/mol. The van der Waals surface area contributed by atoms with Gasteiger partial charge in [-0.2, -0.15) is 0 Å². The summed E-state index contributed by atoms with van der Waals surface area (Å²) < 4.78 is 12.7. The zero-order chi connectivity index (χ0) is 15.8. The minimum atomic E-state index is -0.604. The van der Waals surface area contributed by atoms with E-state index in [-0.39, 0.29) is 29.9 Å². The van der Waals surface area contributed by atoms with Crippen LogP contribution in [0.3, 0.4) is 0 Å². The molecule has 1 aromatic rings. The highest BCUT2D eigenvalue weighted by atomic mass is 32.2. The number of carbonyl (C=O) groups is 2. The predicted octanol–water partition coefficient (Wildman–Crippen LogP) is 1.38. The fourth-order valence-electron chi connectivity index (χ4n) is 1.40. The third-order valence-corrected chi connectivity index (χ3v) is 3.68. The number of hydrogen-bond donors (Lipinski definition) is 3. The Labute approximate surface area is 127 Å². The lowest BCUT2D eigenvalue weighted by Crippen LogP contribution is -2.36. The lowest BCUT2D eigenvalue weighted by Gasteiger charge is -2.13. The highest BCUT2D eigenvalue weighted by Gasteiger charge is 2.15. The molecule has 0 aliphatic rings. The molecule has 5 nitrogen and oxygen atoms in total. The molecule has 2 amide bonds. The molecule has 21 heavy (non-hydrogen) atoms. The van der Waals surface area contributed by atoms with Gasteiger partial charge in [-0.15, -0.1) is 11.8 Å². The van der Waals surface area contributed by atoms with E-state index in [9.17, 15) is 14.0 Å². The summed E-state index contributed by atoms with van der Waals surface area (Å²) >= 11 is 1.19. The van der Waals surface area contributed by atoms with E-state index in [1.807, 2.05) is 0 Å². The minimum absolute atomic E-state index is 0.112. The van der Waals surface area contributed by atoms with Crippen LogP contribution in [0, 0.1) is 5.82 Å². The number of hydrogen-bond acceptors (Lipinski definition) is 4. The molecule has 1 aromatic carbocycles. The monoisotopic (exact) mass is 314 g/mol. The van der Waals surface area contributed by atoms with Crippen molar-refractivity contribution in [3.05, 3.63) is 30.1 Å². The number of thioether (sulfide) groups is 1. The topological polar surface area (TPSA) is 78.4 Å². The van der Waals surface area contributed by atoms with Crippen molar-refractivity contribution in [2.45, 2.75) is 25.2 Å². The van der Waals surface area contributed by atoms with Crippen LogP contribution >= 0.6 is 11.8 Å². The molecular formula is C14H19FN2O3S. The fraction of sp³-hybridized carbons (Fsp3) is 0.429. The van der Waals surface area contributed by atoms with Crippen LogP contribution in [0.2, 0.25) is 0 Å². The van der Waals surface area contributed by atoms with Crippen LogP contribution in [-0.2, 0) is 9.59 Å². The molecule has 0 saturated carbocycles. The van der Waals surface area contributed by atoms with E-state index in [0.717, 1.165) is 0 Å². The number of amides is 2. The molecule has 2 atom stereocenters. The molecule has 116 valence electrons. The van der Waals surface area contributed by atoms with Crippen molar-refractivity contribution >= 4 is 29.3 Å². The van der Waals surface area contributed by atoms with Crippen LogP contribution in [0.1, 0.15) is 13.8 Å². The third-order valence-electron chi connectivity index (χ3n) is 2.53. The minimum Gasteiger partial charge on any atom is -0.392 e. The van der Waals surface area contributed by atoms with Gasteiger partial charge in [0, 0.05) is 12.2 Å². The summed E-state index contributed by atoms with van der Waals surface area (Å²) in [5.74, 6) is -0.747. The summed E-state index contributed by atoms with van der Waals surface area (Å²) in [6.07, 6.45) is -0.604. The number of nitrogens with one attached hydrogen (secondary N) is 2. The highest BCUT2D eigenvalue weighted by molar-refractivity contribution is 8.01. The SMILES string of the molecule is CC(O)CNC(=O)C(C)SCC(=O)Nc1ccc(F)cc1.